The number of carboxylic acids is 1. The number of nitrogens with zero attached hydrogens (tertiary/aromatic N) is 2. The average Bonchev–Trinajstić information content (AvgIpc) is 3.48. The number of nitrogens with one attached hydrogen (secondary N) is 1. The van der Waals surface area contributed by atoms with Gasteiger partial charge in [0.2, 0.25) is 5.43 Å². The van der Waals surface area contributed by atoms with Crippen molar-refractivity contribution < 1.29 is 27.8 Å². The zero-order valence-corrected chi connectivity index (χ0v) is 17.0. The molecule has 10 heteroatoms. The van der Waals surface area contributed by atoms with Gasteiger partial charge in [0.15, 0.2) is 11.6 Å². The van der Waals surface area contributed by atoms with E-state index >= 15 is 4.39 Å². The number of aryl methyl sites for hydroxylation is 1. The maximum Gasteiger partial charge on any atom is 0.341 e. The summed E-state index contributed by atoms with van der Waals surface area (Å²) >= 11 is 0. The van der Waals surface area contributed by atoms with Crippen LogP contribution in [0.3, 0.4) is 0 Å². The van der Waals surface area contributed by atoms with Gasteiger partial charge in [0.05, 0.1) is 24.6 Å². The van der Waals surface area contributed by atoms with Gasteiger partial charge in [0.25, 0.3) is 0 Å². The lowest BCUT2D eigenvalue weighted by Gasteiger charge is -2.29. The van der Waals surface area contributed by atoms with Crippen LogP contribution in [0, 0.1) is 5.82 Å². The number of anilines is 1. The molecule has 2 N–H and O–H groups in total. The third-order valence-corrected chi connectivity index (χ3v) is 5.87. The number of benzene rings is 1. The second kappa shape index (κ2) is 8.41. The van der Waals surface area contributed by atoms with Gasteiger partial charge in [-0.15, -0.1) is 0 Å². The van der Waals surface area contributed by atoms with Crippen LogP contribution in [0.25, 0.3) is 10.9 Å². The van der Waals surface area contributed by atoms with E-state index in [1.807, 2.05) is 0 Å². The van der Waals surface area contributed by atoms with Crippen LogP contribution in [0.15, 0.2) is 17.1 Å². The first kappa shape index (κ1) is 21.5. The third-order valence-electron chi connectivity index (χ3n) is 5.87. The monoisotopic (exact) mass is 439 g/mol. The number of ether oxygens (including phenoxy) is 1. The minimum absolute atomic E-state index is 0.00664. The molecule has 2 aliphatic rings. The molecule has 7 nitrogen and oxygen atoms in total. The van der Waals surface area contributed by atoms with Gasteiger partial charge in [0, 0.05) is 37.8 Å². The molecule has 2 atom stereocenters. The van der Waals surface area contributed by atoms with Crippen molar-refractivity contribution in [3.63, 3.8) is 0 Å². The lowest BCUT2D eigenvalue weighted by atomic mass is 10.1. The molecule has 1 saturated heterocycles. The molecule has 0 radical (unpaired) electrons. The Balaban J connectivity index is 1.90. The predicted octanol–water partition coefficient (Wildman–Crippen LogP) is 2.49. The lowest BCUT2D eigenvalue weighted by Crippen LogP contribution is -2.39. The van der Waals surface area contributed by atoms with Crippen LogP contribution in [0.1, 0.15) is 29.6 Å². The van der Waals surface area contributed by atoms with Crippen LogP contribution in [0.4, 0.5) is 18.9 Å². The summed E-state index contributed by atoms with van der Waals surface area (Å²) in [5.74, 6) is -2.35. The topological polar surface area (TPSA) is 83.8 Å². The van der Waals surface area contributed by atoms with Crippen molar-refractivity contribution in [2.24, 2.45) is 0 Å². The Kier molecular flexibility index (Phi) is 5.83. The summed E-state index contributed by atoms with van der Waals surface area (Å²) in [5.41, 5.74) is -1.40. The second-order valence-electron chi connectivity index (χ2n) is 8.02. The quantitative estimate of drug-likeness (QED) is 0.658. The number of aromatic carboxylic acids is 1. The van der Waals surface area contributed by atoms with Gasteiger partial charge in [-0.3, -0.25) is 4.79 Å². The smallest absolute Gasteiger partial charge is 0.341 e. The second-order valence-corrected chi connectivity index (χ2v) is 8.02. The van der Waals surface area contributed by atoms with E-state index < -0.39 is 35.6 Å². The lowest BCUT2D eigenvalue weighted by molar-refractivity contribution is 0.0694. The Hall–Kier alpha value is -2.75. The number of halogens is 3. The third kappa shape index (κ3) is 3.96. The number of aromatic nitrogens is 1. The molecule has 0 bridgehead atoms. The van der Waals surface area contributed by atoms with Crippen LogP contribution in [0.5, 0.6) is 5.75 Å². The molecule has 31 heavy (non-hydrogen) atoms. The molecule has 0 unspecified atom stereocenters. The number of rotatable bonds is 8. The maximum absolute atomic E-state index is 15.3. The number of pyridine rings is 1. The summed E-state index contributed by atoms with van der Waals surface area (Å²) in [6, 6.07) is 1.01. The number of carboxylic acid groups (broad SMARTS) is 1. The van der Waals surface area contributed by atoms with E-state index in [9.17, 15) is 23.5 Å². The Labute approximate surface area is 176 Å². The molecule has 4 rings (SSSR count). The molecule has 0 amide bonds. The minimum atomic E-state index is -1.49. The Bertz CT molecular complexity index is 1070. The highest BCUT2D eigenvalue weighted by Gasteiger charge is 2.37. The fourth-order valence-electron chi connectivity index (χ4n) is 4.29. The summed E-state index contributed by atoms with van der Waals surface area (Å²) in [6.45, 7) is -0.661. The van der Waals surface area contributed by atoms with Crippen LogP contribution in [0.2, 0.25) is 0 Å². The van der Waals surface area contributed by atoms with Crippen LogP contribution in [-0.2, 0) is 6.54 Å². The van der Waals surface area contributed by atoms with Gasteiger partial charge in [-0.05, 0) is 18.9 Å². The van der Waals surface area contributed by atoms with E-state index in [4.69, 9.17) is 4.74 Å². The van der Waals surface area contributed by atoms with Gasteiger partial charge in [-0.2, -0.15) is 0 Å². The summed E-state index contributed by atoms with van der Waals surface area (Å²) < 4.78 is 49.6. The SMILES string of the molecule is COc1c(N2C[C@@H](F)C[C@H]2CNC2CC2)c(F)cc2c(=O)c(C(=O)O)cn(CCF)c12. The summed E-state index contributed by atoms with van der Waals surface area (Å²) in [5, 5.41) is 12.4. The van der Waals surface area contributed by atoms with E-state index in [0.29, 0.717) is 12.6 Å². The van der Waals surface area contributed by atoms with Gasteiger partial charge < -0.3 is 24.6 Å². The number of hydrogen-bond acceptors (Lipinski definition) is 5. The fraction of sp³-hybridized carbons (Fsp3) is 0.524. The van der Waals surface area contributed by atoms with Crippen LogP contribution in [-0.4, -0.2) is 60.8 Å². The zero-order chi connectivity index (χ0) is 22.3. The van der Waals surface area contributed by atoms with E-state index in [1.165, 1.54) is 11.7 Å². The van der Waals surface area contributed by atoms with Crippen molar-refractivity contribution in [2.75, 3.05) is 31.8 Å². The molecule has 2 aromatic rings. The van der Waals surface area contributed by atoms with Crippen LogP contribution < -0.4 is 20.4 Å². The molecule has 168 valence electrons. The molecule has 1 aromatic carbocycles. The average molecular weight is 439 g/mol. The number of fused-ring (bicyclic) bond motifs is 1. The molecule has 2 heterocycles. The number of alkyl halides is 2. The van der Waals surface area contributed by atoms with Gasteiger partial charge in [-0.25, -0.2) is 18.0 Å². The van der Waals surface area contributed by atoms with E-state index in [-0.39, 0.29) is 47.9 Å². The highest BCUT2D eigenvalue weighted by atomic mass is 19.1. The van der Waals surface area contributed by atoms with E-state index in [1.54, 1.807) is 4.90 Å². The maximum atomic E-state index is 15.3. The summed E-state index contributed by atoms with van der Waals surface area (Å²) in [7, 11) is 1.29. The molecule has 0 spiro atoms. The number of methoxy groups -OCH3 is 1. The normalized spacial score (nSPS) is 21.1. The molecular formula is C21H24F3N3O4. The number of hydrogen-bond donors (Lipinski definition) is 2. The first-order valence-electron chi connectivity index (χ1n) is 10.2. The predicted molar refractivity (Wildman–Crippen MR) is 109 cm³/mol. The molecule has 1 aromatic heterocycles. The minimum Gasteiger partial charge on any atom is -0.492 e. The largest absolute Gasteiger partial charge is 0.492 e. The van der Waals surface area contributed by atoms with E-state index in [0.717, 1.165) is 25.1 Å². The first-order valence-corrected chi connectivity index (χ1v) is 10.2. The Morgan fingerprint density at radius 1 is 1.39 bits per heavy atom. The summed E-state index contributed by atoms with van der Waals surface area (Å²) in [6.07, 6.45) is 2.20. The van der Waals surface area contributed by atoms with Crippen molar-refractivity contribution in [1.29, 1.82) is 0 Å². The van der Waals surface area contributed by atoms with Gasteiger partial charge in [-0.1, -0.05) is 0 Å². The Morgan fingerprint density at radius 2 is 2.13 bits per heavy atom. The standard InChI is InChI=1S/C21H24F3N3O4/c1-31-20-17-14(19(28)15(21(29)30)10-26(17)5-4-22)7-16(24)18(20)27-9-11(23)6-13(27)8-25-12-2-3-12/h7,10-13,25H,2-6,8-9H2,1H3,(H,29,30)/t11-,13-/m0/s1. The van der Waals surface area contributed by atoms with Crippen LogP contribution >= 0.6 is 0 Å². The van der Waals surface area contributed by atoms with Crippen molar-refractivity contribution in [2.45, 2.75) is 44.1 Å². The zero-order valence-electron chi connectivity index (χ0n) is 17.0. The van der Waals surface area contributed by atoms with Gasteiger partial charge >= 0.3 is 5.97 Å². The molecule has 1 aliphatic carbocycles. The highest BCUT2D eigenvalue weighted by Crippen LogP contribution is 2.41. The van der Waals surface area contributed by atoms with Crippen molar-refractivity contribution in [3.8, 4) is 5.75 Å². The molecular weight excluding hydrogens is 415 g/mol. The highest BCUT2D eigenvalue weighted by molar-refractivity contribution is 5.97. The molecule has 2 fully saturated rings. The van der Waals surface area contributed by atoms with Gasteiger partial charge in [0.1, 0.15) is 24.1 Å². The van der Waals surface area contributed by atoms with Crippen molar-refractivity contribution in [3.05, 3.63) is 33.9 Å². The van der Waals surface area contributed by atoms with Crippen molar-refractivity contribution >= 4 is 22.6 Å². The molecule has 1 saturated carbocycles. The Morgan fingerprint density at radius 3 is 2.74 bits per heavy atom. The first-order chi connectivity index (χ1) is 14.8. The van der Waals surface area contributed by atoms with E-state index in [2.05, 4.69) is 5.32 Å². The van der Waals surface area contributed by atoms with Crippen molar-refractivity contribution in [1.82, 2.24) is 9.88 Å². The molecule has 1 aliphatic heterocycles. The fourth-order valence-corrected chi connectivity index (χ4v) is 4.29. The summed E-state index contributed by atoms with van der Waals surface area (Å²) in [4.78, 5) is 25.7. The number of carbonyl (C=O) groups is 1.